The molecule has 2 amide bonds. The standard InChI is InChI=1S/C25H33Cl2N3O5S/c1-7-22(24(32)28-25(2,3)4)29(15-17-11-12-20(26)21(27)13-17)23(31)16-30(36(6,33)34)18-9-8-10-19(14-18)35-5/h8-14,22H,7,15-16H2,1-6H3,(H,28,32)/t22-/m1/s1. The van der Waals surface area contributed by atoms with Gasteiger partial charge in [-0.3, -0.25) is 13.9 Å². The monoisotopic (exact) mass is 557 g/mol. The third-order valence-corrected chi connectivity index (χ3v) is 7.12. The van der Waals surface area contributed by atoms with Gasteiger partial charge in [0, 0.05) is 18.2 Å². The first kappa shape index (κ1) is 29.7. The zero-order valence-electron chi connectivity index (χ0n) is 21.3. The average Bonchev–Trinajstić information content (AvgIpc) is 2.77. The quantitative estimate of drug-likeness (QED) is 0.464. The number of sulfonamides is 1. The molecule has 198 valence electrons. The van der Waals surface area contributed by atoms with Crippen LogP contribution in [0.5, 0.6) is 5.75 Å². The smallest absolute Gasteiger partial charge is 0.244 e. The number of benzene rings is 2. The number of nitrogens with zero attached hydrogens (tertiary/aromatic N) is 2. The topological polar surface area (TPSA) is 96.0 Å². The van der Waals surface area contributed by atoms with Gasteiger partial charge in [0.2, 0.25) is 21.8 Å². The molecule has 0 fully saturated rings. The number of halogens is 2. The van der Waals surface area contributed by atoms with E-state index >= 15 is 0 Å². The zero-order valence-corrected chi connectivity index (χ0v) is 23.7. The van der Waals surface area contributed by atoms with E-state index in [0.29, 0.717) is 27.8 Å². The van der Waals surface area contributed by atoms with Crippen LogP contribution in [0.1, 0.15) is 39.7 Å². The lowest BCUT2D eigenvalue weighted by molar-refractivity contribution is -0.141. The van der Waals surface area contributed by atoms with Crippen molar-refractivity contribution in [3.8, 4) is 5.75 Å². The predicted octanol–water partition coefficient (Wildman–Crippen LogP) is 4.49. The summed E-state index contributed by atoms with van der Waals surface area (Å²) in [5, 5.41) is 3.58. The molecule has 0 aliphatic carbocycles. The van der Waals surface area contributed by atoms with Gasteiger partial charge in [-0.1, -0.05) is 42.3 Å². The van der Waals surface area contributed by atoms with Gasteiger partial charge in [-0.2, -0.15) is 0 Å². The van der Waals surface area contributed by atoms with Crippen LogP contribution in [0.15, 0.2) is 42.5 Å². The summed E-state index contributed by atoms with van der Waals surface area (Å²) in [6.07, 6.45) is 1.33. The third kappa shape index (κ3) is 8.28. The van der Waals surface area contributed by atoms with Crippen LogP contribution >= 0.6 is 23.2 Å². The van der Waals surface area contributed by atoms with Gasteiger partial charge in [0.25, 0.3) is 0 Å². The summed E-state index contributed by atoms with van der Waals surface area (Å²) in [6, 6.07) is 10.5. The molecular weight excluding hydrogens is 525 g/mol. The lowest BCUT2D eigenvalue weighted by atomic mass is 10.1. The Labute approximate surface area is 223 Å². The van der Waals surface area contributed by atoms with Crippen LogP contribution in [0, 0.1) is 0 Å². The largest absolute Gasteiger partial charge is 0.497 e. The predicted molar refractivity (Wildman–Crippen MR) is 144 cm³/mol. The van der Waals surface area contributed by atoms with E-state index in [4.69, 9.17) is 27.9 Å². The lowest BCUT2D eigenvalue weighted by Gasteiger charge is -2.34. The van der Waals surface area contributed by atoms with Gasteiger partial charge in [0.1, 0.15) is 18.3 Å². The molecule has 0 saturated heterocycles. The van der Waals surface area contributed by atoms with E-state index in [0.717, 1.165) is 10.6 Å². The molecule has 0 radical (unpaired) electrons. The third-order valence-electron chi connectivity index (χ3n) is 5.24. The van der Waals surface area contributed by atoms with Gasteiger partial charge in [-0.05, 0) is 57.0 Å². The Morgan fingerprint density at radius 2 is 1.75 bits per heavy atom. The molecule has 36 heavy (non-hydrogen) atoms. The number of rotatable bonds is 10. The van der Waals surface area contributed by atoms with Crippen LogP contribution in [-0.2, 0) is 26.2 Å². The summed E-state index contributed by atoms with van der Waals surface area (Å²) in [4.78, 5) is 28.3. The van der Waals surface area contributed by atoms with Crippen molar-refractivity contribution in [3.63, 3.8) is 0 Å². The van der Waals surface area contributed by atoms with Crippen LogP contribution in [0.4, 0.5) is 5.69 Å². The Hall–Kier alpha value is -2.49. The van der Waals surface area contributed by atoms with Gasteiger partial charge < -0.3 is 15.0 Å². The molecule has 11 heteroatoms. The molecular formula is C25H33Cl2N3O5S. The van der Waals surface area contributed by atoms with Crippen molar-refractivity contribution in [2.24, 2.45) is 0 Å². The molecule has 0 unspecified atom stereocenters. The minimum Gasteiger partial charge on any atom is -0.497 e. The van der Waals surface area contributed by atoms with E-state index in [1.165, 1.54) is 18.1 Å². The van der Waals surface area contributed by atoms with Crippen LogP contribution < -0.4 is 14.4 Å². The molecule has 0 aromatic heterocycles. The zero-order chi connectivity index (χ0) is 27.3. The van der Waals surface area contributed by atoms with Crippen molar-refractivity contribution < 1.29 is 22.7 Å². The summed E-state index contributed by atoms with van der Waals surface area (Å²) < 4.78 is 31.6. The first-order valence-electron chi connectivity index (χ1n) is 11.3. The van der Waals surface area contributed by atoms with Gasteiger partial charge >= 0.3 is 0 Å². The van der Waals surface area contributed by atoms with Crippen molar-refractivity contribution in [2.75, 3.05) is 24.2 Å². The van der Waals surface area contributed by atoms with E-state index in [2.05, 4.69) is 5.32 Å². The number of anilines is 1. The molecule has 0 heterocycles. The number of carbonyl (C=O) groups is 2. The highest BCUT2D eigenvalue weighted by Gasteiger charge is 2.33. The highest BCUT2D eigenvalue weighted by molar-refractivity contribution is 7.92. The second-order valence-electron chi connectivity index (χ2n) is 9.40. The van der Waals surface area contributed by atoms with Crippen LogP contribution in [0.3, 0.4) is 0 Å². The number of carbonyl (C=O) groups excluding carboxylic acids is 2. The van der Waals surface area contributed by atoms with Gasteiger partial charge in [-0.15, -0.1) is 0 Å². The van der Waals surface area contributed by atoms with Crippen molar-refractivity contribution >= 4 is 50.7 Å². The molecule has 0 bridgehead atoms. The molecule has 2 aromatic carbocycles. The van der Waals surface area contributed by atoms with E-state index in [1.54, 1.807) is 43.3 Å². The van der Waals surface area contributed by atoms with Gasteiger partial charge in [0.05, 0.1) is 29.1 Å². The summed E-state index contributed by atoms with van der Waals surface area (Å²) in [7, 11) is -2.38. The second-order valence-corrected chi connectivity index (χ2v) is 12.1. The first-order chi connectivity index (χ1) is 16.7. The second kappa shape index (κ2) is 12.2. The highest BCUT2D eigenvalue weighted by atomic mass is 35.5. The van der Waals surface area contributed by atoms with Crippen molar-refractivity contribution in [1.29, 1.82) is 0 Å². The number of amides is 2. The molecule has 8 nitrogen and oxygen atoms in total. The molecule has 0 saturated carbocycles. The number of ether oxygens (including phenoxy) is 1. The minimum absolute atomic E-state index is 0.0293. The van der Waals surface area contributed by atoms with Crippen LogP contribution in [0.2, 0.25) is 10.0 Å². The Balaban J connectivity index is 2.49. The Morgan fingerprint density at radius 3 is 2.28 bits per heavy atom. The van der Waals surface area contributed by atoms with Crippen molar-refractivity contribution in [1.82, 2.24) is 10.2 Å². The fourth-order valence-electron chi connectivity index (χ4n) is 3.59. The van der Waals surface area contributed by atoms with Crippen molar-refractivity contribution in [3.05, 3.63) is 58.1 Å². The minimum atomic E-state index is -3.85. The first-order valence-corrected chi connectivity index (χ1v) is 13.9. The summed E-state index contributed by atoms with van der Waals surface area (Å²) in [6.45, 7) is 6.84. The number of nitrogens with one attached hydrogen (secondary N) is 1. The molecule has 2 aromatic rings. The summed E-state index contributed by atoms with van der Waals surface area (Å²) in [5.41, 5.74) is 0.390. The molecule has 0 spiro atoms. The van der Waals surface area contributed by atoms with E-state index in [1.807, 2.05) is 20.8 Å². The number of hydrogen-bond acceptors (Lipinski definition) is 5. The van der Waals surface area contributed by atoms with E-state index < -0.39 is 34.1 Å². The summed E-state index contributed by atoms with van der Waals surface area (Å²) >= 11 is 12.2. The fourth-order valence-corrected chi connectivity index (χ4v) is 4.75. The Kier molecular flexibility index (Phi) is 10.0. The van der Waals surface area contributed by atoms with Crippen LogP contribution in [0.25, 0.3) is 0 Å². The maximum Gasteiger partial charge on any atom is 0.244 e. The van der Waals surface area contributed by atoms with E-state index in [-0.39, 0.29) is 18.1 Å². The molecule has 0 aliphatic rings. The van der Waals surface area contributed by atoms with Gasteiger partial charge in [0.15, 0.2) is 0 Å². The molecule has 1 N–H and O–H groups in total. The maximum absolute atomic E-state index is 13.7. The number of hydrogen-bond donors (Lipinski definition) is 1. The lowest BCUT2D eigenvalue weighted by Crippen LogP contribution is -2.55. The SMILES string of the molecule is CC[C@H](C(=O)NC(C)(C)C)N(Cc1ccc(Cl)c(Cl)c1)C(=O)CN(c1cccc(OC)c1)S(C)(=O)=O. The highest BCUT2D eigenvalue weighted by Crippen LogP contribution is 2.26. The van der Waals surface area contributed by atoms with Crippen molar-refractivity contribution in [2.45, 2.75) is 52.2 Å². The maximum atomic E-state index is 13.7. The average molecular weight is 559 g/mol. The Morgan fingerprint density at radius 1 is 1.08 bits per heavy atom. The van der Waals surface area contributed by atoms with Gasteiger partial charge in [-0.25, -0.2) is 8.42 Å². The summed E-state index contributed by atoms with van der Waals surface area (Å²) in [5.74, 6) is -0.451. The fraction of sp³-hybridized carbons (Fsp3) is 0.440. The molecule has 0 aliphatic heterocycles. The van der Waals surface area contributed by atoms with Crippen LogP contribution in [-0.4, -0.2) is 56.6 Å². The Bertz CT molecular complexity index is 1200. The normalized spacial score (nSPS) is 12.6. The number of methoxy groups -OCH3 is 1. The van der Waals surface area contributed by atoms with E-state index in [9.17, 15) is 18.0 Å². The molecule has 1 atom stereocenters. The molecule has 2 rings (SSSR count).